The van der Waals surface area contributed by atoms with Gasteiger partial charge in [-0.1, -0.05) is 24.3 Å². The van der Waals surface area contributed by atoms with Crippen LogP contribution < -0.4 is 0 Å². The Balaban J connectivity index is 1.47. The van der Waals surface area contributed by atoms with Crippen molar-refractivity contribution in [2.45, 2.75) is 18.3 Å². The van der Waals surface area contributed by atoms with E-state index in [2.05, 4.69) is 15.0 Å². The molecule has 2 aliphatic heterocycles. The van der Waals surface area contributed by atoms with Crippen LogP contribution in [0.25, 0.3) is 5.57 Å². The number of pyridine rings is 1. The van der Waals surface area contributed by atoms with Crippen LogP contribution in [-0.2, 0) is 4.79 Å². The number of halogens is 1. The fourth-order valence-corrected chi connectivity index (χ4v) is 3.16. The lowest BCUT2D eigenvalue weighted by Gasteiger charge is -2.32. The maximum absolute atomic E-state index is 14.6. The first-order valence-electron chi connectivity index (χ1n) is 8.20. The molecule has 0 saturated heterocycles. The molecule has 4 rings (SSSR count). The molecular formula is C19H17FN4O. The Kier molecular flexibility index (Phi) is 4.09. The van der Waals surface area contributed by atoms with E-state index in [1.165, 1.54) is 11.2 Å². The molecule has 3 heterocycles. The summed E-state index contributed by atoms with van der Waals surface area (Å²) in [7, 11) is 0. The molecular weight excluding hydrogens is 319 g/mol. The number of hydrogen-bond acceptors (Lipinski definition) is 4. The molecule has 25 heavy (non-hydrogen) atoms. The van der Waals surface area contributed by atoms with Gasteiger partial charge in [0.25, 0.3) is 5.91 Å². The average molecular weight is 336 g/mol. The Morgan fingerprint density at radius 3 is 2.96 bits per heavy atom. The Morgan fingerprint density at radius 1 is 1.24 bits per heavy atom. The number of alkyl halides is 1. The van der Waals surface area contributed by atoms with Gasteiger partial charge >= 0.3 is 0 Å². The molecule has 0 radical (unpaired) electrons. The number of nitrogens with zero attached hydrogens (tertiary/aromatic N) is 4. The molecule has 6 heteroatoms. The van der Waals surface area contributed by atoms with Gasteiger partial charge < -0.3 is 4.90 Å². The zero-order valence-electron chi connectivity index (χ0n) is 13.4. The van der Waals surface area contributed by atoms with Crippen molar-refractivity contribution in [1.82, 2.24) is 9.88 Å². The van der Waals surface area contributed by atoms with Gasteiger partial charge in [-0.2, -0.15) is 0 Å². The van der Waals surface area contributed by atoms with Gasteiger partial charge in [0.15, 0.2) is 6.04 Å². The first kappa shape index (κ1) is 15.6. The average Bonchev–Trinajstić information content (AvgIpc) is 2.66. The van der Waals surface area contributed by atoms with Gasteiger partial charge in [0.05, 0.1) is 6.34 Å². The lowest BCUT2D eigenvalue weighted by Crippen LogP contribution is -2.49. The van der Waals surface area contributed by atoms with E-state index >= 15 is 0 Å². The van der Waals surface area contributed by atoms with Crippen LogP contribution in [0.4, 0.5) is 4.39 Å². The van der Waals surface area contributed by atoms with Crippen molar-refractivity contribution < 1.29 is 9.18 Å². The quantitative estimate of drug-likeness (QED) is 0.850. The third kappa shape index (κ3) is 3.07. The summed E-state index contributed by atoms with van der Waals surface area (Å²) < 4.78 is 14.6. The summed E-state index contributed by atoms with van der Waals surface area (Å²) in [6, 6.07) is 2.95. The zero-order chi connectivity index (χ0) is 17.2. The van der Waals surface area contributed by atoms with Gasteiger partial charge in [-0.25, -0.2) is 4.39 Å². The zero-order valence-corrected chi connectivity index (χ0v) is 13.4. The third-order valence-corrected chi connectivity index (χ3v) is 4.55. The monoisotopic (exact) mass is 336 g/mol. The van der Waals surface area contributed by atoms with E-state index < -0.39 is 18.1 Å². The number of fused-ring (bicyclic) bond motifs is 1. The first-order valence-corrected chi connectivity index (χ1v) is 8.20. The lowest BCUT2D eigenvalue weighted by molar-refractivity contribution is -0.129. The second-order valence-corrected chi connectivity index (χ2v) is 6.20. The summed E-state index contributed by atoms with van der Waals surface area (Å²) in [5, 5.41) is 0. The summed E-state index contributed by atoms with van der Waals surface area (Å²) in [4.78, 5) is 26.6. The minimum absolute atomic E-state index is 0.136. The van der Waals surface area contributed by atoms with Crippen LogP contribution in [0.5, 0.6) is 0 Å². The summed E-state index contributed by atoms with van der Waals surface area (Å²) >= 11 is 0. The van der Waals surface area contributed by atoms with Crippen molar-refractivity contribution in [2.24, 2.45) is 15.9 Å². The minimum Gasteiger partial charge on any atom is -0.301 e. The van der Waals surface area contributed by atoms with E-state index in [1.54, 1.807) is 30.8 Å². The normalized spacial score (nSPS) is 30.4. The number of carbonyl (C=O) groups excluding carboxylic acids is 1. The Morgan fingerprint density at radius 2 is 2.16 bits per heavy atom. The van der Waals surface area contributed by atoms with Gasteiger partial charge in [-0.3, -0.25) is 19.8 Å². The molecule has 4 atom stereocenters. The van der Waals surface area contributed by atoms with Gasteiger partial charge in [0.1, 0.15) is 12.2 Å². The summed E-state index contributed by atoms with van der Waals surface area (Å²) in [5.74, 6) is -0.543. The van der Waals surface area contributed by atoms with E-state index in [1.807, 2.05) is 30.4 Å². The number of allylic oxidation sites excluding steroid dienone is 4. The van der Waals surface area contributed by atoms with Crippen LogP contribution in [0.2, 0.25) is 0 Å². The summed E-state index contributed by atoms with van der Waals surface area (Å²) in [5.41, 5.74) is 1.68. The van der Waals surface area contributed by atoms with Gasteiger partial charge in [0.2, 0.25) is 0 Å². The number of hydrogen-bond donors (Lipinski definition) is 0. The molecule has 126 valence electrons. The molecule has 0 bridgehead atoms. The first-order chi connectivity index (χ1) is 12.2. The van der Waals surface area contributed by atoms with Gasteiger partial charge in [0, 0.05) is 31.1 Å². The fourth-order valence-electron chi connectivity index (χ4n) is 3.16. The van der Waals surface area contributed by atoms with E-state index in [-0.39, 0.29) is 18.5 Å². The van der Waals surface area contributed by atoms with E-state index in [0.717, 1.165) is 11.1 Å². The molecule has 4 unspecified atom stereocenters. The number of carbonyl (C=O) groups is 1. The highest BCUT2D eigenvalue weighted by molar-refractivity contribution is 5.96. The molecule has 0 fully saturated rings. The van der Waals surface area contributed by atoms with Gasteiger partial charge in [-0.15, -0.1) is 0 Å². The molecule has 1 amide bonds. The molecule has 1 aromatic rings. The number of amides is 1. The molecule has 0 aromatic carbocycles. The second kappa shape index (κ2) is 6.55. The maximum Gasteiger partial charge on any atom is 0.255 e. The maximum atomic E-state index is 14.6. The molecule has 1 aromatic heterocycles. The topological polar surface area (TPSA) is 57.9 Å². The van der Waals surface area contributed by atoms with Gasteiger partial charge in [-0.05, 0) is 29.4 Å². The van der Waals surface area contributed by atoms with Crippen LogP contribution in [0, 0.1) is 5.92 Å². The van der Waals surface area contributed by atoms with Crippen molar-refractivity contribution in [3.05, 3.63) is 60.5 Å². The van der Waals surface area contributed by atoms with Crippen LogP contribution >= 0.6 is 0 Å². The molecule has 0 saturated carbocycles. The Bertz CT molecular complexity index is 812. The van der Waals surface area contributed by atoms with Crippen LogP contribution in [0.3, 0.4) is 0 Å². The van der Waals surface area contributed by atoms with E-state index in [9.17, 15) is 9.18 Å². The smallest absolute Gasteiger partial charge is 0.255 e. The number of rotatable bonds is 3. The number of dihydropyridines is 1. The molecule has 5 nitrogen and oxygen atoms in total. The molecule has 0 N–H and O–H groups in total. The summed E-state index contributed by atoms with van der Waals surface area (Å²) in [6.07, 6.45) is 14.2. The highest BCUT2D eigenvalue weighted by Crippen LogP contribution is 2.27. The van der Waals surface area contributed by atoms with Crippen molar-refractivity contribution in [1.29, 1.82) is 0 Å². The predicted octanol–water partition coefficient (Wildman–Crippen LogP) is 2.24. The molecule has 0 spiro atoms. The van der Waals surface area contributed by atoms with Crippen LogP contribution in [-0.4, -0.2) is 53.1 Å². The minimum atomic E-state index is -1.17. The Hall–Kier alpha value is -2.89. The number of aliphatic imine (C=N–C) groups is 2. The SMILES string of the molecule is O=C1C2N=CC=CC2N=CN1CC1C=CC(c2cccnc2)=CC1F. The molecule has 3 aliphatic rings. The standard InChI is InChI=1S/C19H17FN4O/c20-16-9-13(14-3-1-7-21-10-14)5-6-15(16)11-24-12-23-17-4-2-8-22-18(17)19(24)25/h1-10,12,15-18H,11H2. The predicted molar refractivity (Wildman–Crippen MR) is 95.2 cm³/mol. The largest absolute Gasteiger partial charge is 0.301 e. The second-order valence-electron chi connectivity index (χ2n) is 6.20. The van der Waals surface area contributed by atoms with Crippen molar-refractivity contribution >= 4 is 24.0 Å². The summed E-state index contributed by atoms with van der Waals surface area (Å²) in [6.45, 7) is 0.249. The van der Waals surface area contributed by atoms with Crippen molar-refractivity contribution in [3.63, 3.8) is 0 Å². The lowest BCUT2D eigenvalue weighted by atomic mass is 9.91. The van der Waals surface area contributed by atoms with Crippen LogP contribution in [0.15, 0.2) is 64.9 Å². The van der Waals surface area contributed by atoms with Crippen molar-refractivity contribution in [3.8, 4) is 0 Å². The Labute approximate surface area is 145 Å². The van der Waals surface area contributed by atoms with E-state index in [4.69, 9.17) is 0 Å². The van der Waals surface area contributed by atoms with E-state index in [0.29, 0.717) is 0 Å². The third-order valence-electron chi connectivity index (χ3n) is 4.55. The fraction of sp³-hybridized carbons (Fsp3) is 0.263. The van der Waals surface area contributed by atoms with Crippen LogP contribution in [0.1, 0.15) is 5.56 Å². The van der Waals surface area contributed by atoms with Crippen molar-refractivity contribution in [2.75, 3.05) is 6.54 Å². The highest BCUT2D eigenvalue weighted by atomic mass is 19.1. The molecule has 1 aliphatic carbocycles. The highest BCUT2D eigenvalue weighted by Gasteiger charge is 2.35. The number of aromatic nitrogens is 1.